The maximum absolute atomic E-state index is 12.3. The normalized spacial score (nSPS) is 10.6. The summed E-state index contributed by atoms with van der Waals surface area (Å²) in [6.07, 6.45) is 1.41. The summed E-state index contributed by atoms with van der Waals surface area (Å²) in [4.78, 5) is 34.5. The van der Waals surface area contributed by atoms with E-state index in [4.69, 9.17) is 14.2 Å². The molecular weight excluding hydrogens is 590 g/mol. The molecule has 0 atom stereocenters. The van der Waals surface area contributed by atoms with E-state index in [1.54, 1.807) is 36.4 Å². The summed E-state index contributed by atoms with van der Waals surface area (Å²) in [5, 5.41) is 14.6. The minimum absolute atomic E-state index is 0.127. The topological polar surface area (TPSA) is 129 Å². The molecule has 0 fully saturated rings. The second-order valence-corrected chi connectivity index (χ2v) is 8.53. The van der Waals surface area contributed by atoms with E-state index in [-0.39, 0.29) is 23.6 Å². The van der Waals surface area contributed by atoms with E-state index in [0.29, 0.717) is 21.5 Å². The Morgan fingerprint density at radius 1 is 1.03 bits per heavy atom. The molecule has 0 saturated heterocycles. The Morgan fingerprint density at radius 3 is 2.40 bits per heavy atom. The Hall–Kier alpha value is -3.77. The molecule has 3 aromatic carbocycles. The molecule has 0 unspecified atom stereocenters. The molecular formula is C23H17Br2N3O7. The number of non-ortho nitro benzene ring substituents is 1. The summed E-state index contributed by atoms with van der Waals surface area (Å²) in [5.74, 6) is -0.00508. The molecule has 0 aromatic heterocycles. The van der Waals surface area contributed by atoms with E-state index >= 15 is 0 Å². The van der Waals surface area contributed by atoms with E-state index in [1.807, 2.05) is 0 Å². The van der Waals surface area contributed by atoms with Crippen molar-refractivity contribution in [3.8, 4) is 17.2 Å². The molecule has 0 radical (unpaired) electrons. The van der Waals surface area contributed by atoms with Gasteiger partial charge >= 0.3 is 5.97 Å². The molecule has 1 amide bonds. The lowest BCUT2D eigenvalue weighted by molar-refractivity contribution is -0.384. The van der Waals surface area contributed by atoms with Crippen molar-refractivity contribution in [3.05, 3.63) is 90.9 Å². The number of hydrazone groups is 1. The van der Waals surface area contributed by atoms with Gasteiger partial charge in [-0.3, -0.25) is 14.9 Å². The lowest BCUT2D eigenvalue weighted by atomic mass is 10.2. The van der Waals surface area contributed by atoms with Gasteiger partial charge in [-0.2, -0.15) is 5.10 Å². The number of hydrogen-bond acceptors (Lipinski definition) is 8. The SMILES string of the molecule is COc1cc(Br)ccc1OCC(=O)NN=Cc1ccc(OC(=O)c2ccc([N+](=O)[O-])cc2)c(Br)c1. The average molecular weight is 607 g/mol. The molecule has 0 saturated carbocycles. The van der Waals surface area contributed by atoms with Gasteiger partial charge in [0.1, 0.15) is 5.75 Å². The van der Waals surface area contributed by atoms with Crippen molar-refractivity contribution < 1.29 is 28.7 Å². The quantitative estimate of drug-likeness (QED) is 0.121. The Kier molecular flexibility index (Phi) is 8.92. The van der Waals surface area contributed by atoms with E-state index in [0.717, 1.165) is 4.47 Å². The number of methoxy groups -OCH3 is 1. The van der Waals surface area contributed by atoms with Gasteiger partial charge in [-0.1, -0.05) is 15.9 Å². The number of nitrogens with one attached hydrogen (secondary N) is 1. The van der Waals surface area contributed by atoms with Crippen LogP contribution in [0.2, 0.25) is 0 Å². The zero-order chi connectivity index (χ0) is 25.4. The van der Waals surface area contributed by atoms with Crippen LogP contribution in [0, 0.1) is 10.1 Å². The molecule has 35 heavy (non-hydrogen) atoms. The van der Waals surface area contributed by atoms with E-state index < -0.39 is 16.8 Å². The Bertz CT molecular complexity index is 1280. The Morgan fingerprint density at radius 2 is 1.74 bits per heavy atom. The molecule has 180 valence electrons. The Labute approximate surface area is 216 Å². The molecule has 0 aliphatic rings. The summed E-state index contributed by atoms with van der Waals surface area (Å²) in [7, 11) is 1.50. The van der Waals surface area contributed by atoms with Crippen molar-refractivity contribution in [2.75, 3.05) is 13.7 Å². The summed E-state index contributed by atoms with van der Waals surface area (Å²) in [5.41, 5.74) is 3.01. The van der Waals surface area contributed by atoms with Crippen LogP contribution in [0.3, 0.4) is 0 Å². The third-order valence-corrected chi connectivity index (χ3v) is 5.47. The van der Waals surface area contributed by atoms with Gasteiger partial charge in [-0.15, -0.1) is 0 Å². The predicted molar refractivity (Wildman–Crippen MR) is 134 cm³/mol. The first kappa shape index (κ1) is 25.8. The maximum Gasteiger partial charge on any atom is 0.343 e. The third-order valence-electron chi connectivity index (χ3n) is 4.36. The number of carbonyl (C=O) groups is 2. The highest BCUT2D eigenvalue weighted by Gasteiger charge is 2.13. The van der Waals surface area contributed by atoms with Crippen molar-refractivity contribution in [3.63, 3.8) is 0 Å². The van der Waals surface area contributed by atoms with E-state index in [9.17, 15) is 19.7 Å². The van der Waals surface area contributed by atoms with Gasteiger partial charge in [-0.25, -0.2) is 10.2 Å². The number of hydrogen-bond donors (Lipinski definition) is 1. The second-order valence-electron chi connectivity index (χ2n) is 6.76. The highest BCUT2D eigenvalue weighted by molar-refractivity contribution is 9.10. The van der Waals surface area contributed by atoms with Gasteiger partial charge in [0.15, 0.2) is 18.1 Å². The summed E-state index contributed by atoms with van der Waals surface area (Å²) in [6.45, 7) is -0.267. The van der Waals surface area contributed by atoms with Gasteiger partial charge < -0.3 is 14.2 Å². The van der Waals surface area contributed by atoms with Crippen molar-refractivity contribution in [1.82, 2.24) is 5.43 Å². The van der Waals surface area contributed by atoms with Crippen LogP contribution < -0.4 is 19.6 Å². The van der Waals surface area contributed by atoms with Crippen molar-refractivity contribution >= 4 is 55.6 Å². The fraction of sp³-hybridized carbons (Fsp3) is 0.0870. The van der Waals surface area contributed by atoms with Crippen molar-refractivity contribution in [1.29, 1.82) is 0 Å². The van der Waals surface area contributed by atoms with Crippen LogP contribution in [0.1, 0.15) is 15.9 Å². The fourth-order valence-corrected chi connectivity index (χ4v) is 3.49. The van der Waals surface area contributed by atoms with Gasteiger partial charge in [0.2, 0.25) is 0 Å². The van der Waals surface area contributed by atoms with Gasteiger partial charge in [0.25, 0.3) is 11.6 Å². The van der Waals surface area contributed by atoms with Crippen molar-refractivity contribution in [2.24, 2.45) is 5.10 Å². The van der Waals surface area contributed by atoms with Crippen LogP contribution in [0.5, 0.6) is 17.2 Å². The largest absolute Gasteiger partial charge is 0.493 e. The van der Waals surface area contributed by atoms with Crippen LogP contribution in [-0.2, 0) is 4.79 Å². The van der Waals surface area contributed by atoms with Gasteiger partial charge in [0.05, 0.1) is 28.3 Å². The molecule has 0 aliphatic heterocycles. The fourth-order valence-electron chi connectivity index (χ4n) is 2.67. The summed E-state index contributed by atoms with van der Waals surface area (Å²) < 4.78 is 17.3. The zero-order valence-corrected chi connectivity index (χ0v) is 21.2. The number of amides is 1. The monoisotopic (exact) mass is 605 g/mol. The first-order valence-corrected chi connectivity index (χ1v) is 11.4. The third kappa shape index (κ3) is 7.36. The minimum atomic E-state index is -0.670. The number of esters is 1. The molecule has 0 spiro atoms. The van der Waals surface area contributed by atoms with E-state index in [1.165, 1.54) is 37.6 Å². The second kappa shape index (κ2) is 12.1. The van der Waals surface area contributed by atoms with E-state index in [2.05, 4.69) is 42.4 Å². The molecule has 0 bridgehead atoms. The van der Waals surface area contributed by atoms with Crippen LogP contribution in [0.25, 0.3) is 0 Å². The number of halogens is 2. The molecule has 0 heterocycles. The standard InChI is InChI=1S/C23H17Br2N3O7/c1-33-21-11-16(24)5-9-20(21)34-13-22(29)27-26-12-14-2-8-19(18(25)10-14)35-23(30)15-3-6-17(7-4-15)28(31)32/h2-12H,13H2,1H3,(H,27,29). The van der Waals surface area contributed by atoms with Crippen LogP contribution >= 0.6 is 31.9 Å². The Balaban J connectivity index is 1.53. The summed E-state index contributed by atoms with van der Waals surface area (Å²) in [6, 6.07) is 15.0. The van der Waals surface area contributed by atoms with Crippen LogP contribution in [0.15, 0.2) is 74.7 Å². The molecule has 12 heteroatoms. The molecule has 10 nitrogen and oxygen atoms in total. The molecule has 1 N–H and O–H groups in total. The number of carbonyl (C=O) groups excluding carboxylic acids is 2. The molecule has 0 aliphatic carbocycles. The lowest BCUT2D eigenvalue weighted by Crippen LogP contribution is -2.24. The summed E-state index contributed by atoms with van der Waals surface area (Å²) >= 11 is 6.65. The number of ether oxygens (including phenoxy) is 3. The van der Waals surface area contributed by atoms with Gasteiger partial charge in [0, 0.05) is 16.6 Å². The first-order valence-electron chi connectivity index (χ1n) is 9.81. The average Bonchev–Trinajstić information content (AvgIpc) is 2.84. The number of benzene rings is 3. The number of nitro benzene ring substituents is 1. The molecule has 3 aromatic rings. The highest BCUT2D eigenvalue weighted by Crippen LogP contribution is 2.30. The lowest BCUT2D eigenvalue weighted by Gasteiger charge is -2.10. The number of nitro groups is 1. The molecule has 3 rings (SSSR count). The van der Waals surface area contributed by atoms with Crippen LogP contribution in [-0.4, -0.2) is 36.7 Å². The smallest absolute Gasteiger partial charge is 0.343 e. The van der Waals surface area contributed by atoms with Crippen molar-refractivity contribution in [2.45, 2.75) is 0 Å². The number of rotatable bonds is 9. The highest BCUT2D eigenvalue weighted by atomic mass is 79.9. The maximum atomic E-state index is 12.3. The minimum Gasteiger partial charge on any atom is -0.493 e. The van der Waals surface area contributed by atoms with Gasteiger partial charge in [-0.05, 0) is 70.0 Å². The number of nitrogens with zero attached hydrogens (tertiary/aromatic N) is 2. The predicted octanol–water partition coefficient (Wildman–Crippen LogP) is 4.88. The first-order chi connectivity index (χ1) is 16.8. The zero-order valence-electron chi connectivity index (χ0n) is 18.1. The van der Waals surface area contributed by atoms with Crippen LogP contribution in [0.4, 0.5) is 5.69 Å².